The number of furan rings is 1. The number of aromatic nitrogens is 3. The highest BCUT2D eigenvalue weighted by molar-refractivity contribution is 8.00. The van der Waals surface area contributed by atoms with Crippen LogP contribution in [0.2, 0.25) is 0 Å². The molecule has 0 saturated carbocycles. The summed E-state index contributed by atoms with van der Waals surface area (Å²) >= 11 is 1.41. The maximum Gasteiger partial charge on any atom is 0.192 e. The van der Waals surface area contributed by atoms with E-state index in [1.54, 1.807) is 37.6 Å². The van der Waals surface area contributed by atoms with Gasteiger partial charge in [0.1, 0.15) is 11.5 Å². The molecular weight excluding hydrogens is 350 g/mol. The van der Waals surface area contributed by atoms with Gasteiger partial charge in [0.05, 0.1) is 24.2 Å². The lowest BCUT2D eigenvalue weighted by atomic mass is 10.1. The lowest BCUT2D eigenvalue weighted by Crippen LogP contribution is -2.14. The molecule has 0 saturated heterocycles. The van der Waals surface area contributed by atoms with Gasteiger partial charge in [-0.3, -0.25) is 4.79 Å². The van der Waals surface area contributed by atoms with Gasteiger partial charge in [-0.15, -0.1) is 10.2 Å². The topological polar surface area (TPSA) is 70.2 Å². The Bertz CT molecular complexity index is 899. The molecule has 0 aliphatic rings. The Morgan fingerprint density at radius 1 is 1.27 bits per heavy atom. The SMILES string of the molecule is CCn1c(S[C@H](C)C(=O)c2ccc(OC)cc2)nnc1-c1ccoc1C. The summed E-state index contributed by atoms with van der Waals surface area (Å²) < 4.78 is 12.5. The zero-order valence-electron chi connectivity index (χ0n) is 15.2. The first-order chi connectivity index (χ1) is 12.5. The molecule has 0 spiro atoms. The number of rotatable bonds is 7. The molecule has 0 bridgehead atoms. The van der Waals surface area contributed by atoms with Gasteiger partial charge in [-0.2, -0.15) is 0 Å². The van der Waals surface area contributed by atoms with Crippen molar-refractivity contribution in [2.24, 2.45) is 0 Å². The number of ether oxygens (including phenoxy) is 1. The smallest absolute Gasteiger partial charge is 0.192 e. The van der Waals surface area contributed by atoms with E-state index in [2.05, 4.69) is 10.2 Å². The number of Topliss-reactive ketones (excluding diaryl/α,β-unsaturated/α-hetero) is 1. The van der Waals surface area contributed by atoms with Crippen molar-refractivity contribution in [3.63, 3.8) is 0 Å². The van der Waals surface area contributed by atoms with Gasteiger partial charge < -0.3 is 13.7 Å². The second kappa shape index (κ2) is 7.78. The van der Waals surface area contributed by atoms with Gasteiger partial charge in [0.25, 0.3) is 0 Å². The van der Waals surface area contributed by atoms with Crippen molar-refractivity contribution in [1.82, 2.24) is 14.8 Å². The molecule has 0 N–H and O–H groups in total. The molecule has 0 radical (unpaired) electrons. The van der Waals surface area contributed by atoms with E-state index in [9.17, 15) is 4.79 Å². The molecule has 3 aromatic rings. The first-order valence-corrected chi connectivity index (χ1v) is 9.25. The Morgan fingerprint density at radius 2 is 2.00 bits per heavy atom. The number of thioether (sulfide) groups is 1. The lowest BCUT2D eigenvalue weighted by molar-refractivity contribution is 0.0994. The van der Waals surface area contributed by atoms with Crippen LogP contribution in [0.1, 0.15) is 30.0 Å². The Balaban J connectivity index is 1.80. The molecule has 0 fully saturated rings. The minimum absolute atomic E-state index is 0.0457. The van der Waals surface area contributed by atoms with Gasteiger partial charge in [-0.05, 0) is 51.1 Å². The number of hydrogen-bond donors (Lipinski definition) is 0. The van der Waals surface area contributed by atoms with Crippen LogP contribution in [0.5, 0.6) is 5.75 Å². The van der Waals surface area contributed by atoms with Crippen LogP contribution in [-0.4, -0.2) is 32.9 Å². The quantitative estimate of drug-likeness (QED) is 0.457. The zero-order chi connectivity index (χ0) is 18.7. The predicted octanol–water partition coefficient (Wildman–Crippen LogP) is 4.24. The van der Waals surface area contributed by atoms with Crippen molar-refractivity contribution < 1.29 is 13.9 Å². The predicted molar refractivity (Wildman–Crippen MR) is 101 cm³/mol. The first kappa shape index (κ1) is 18.3. The third kappa shape index (κ3) is 3.53. The van der Waals surface area contributed by atoms with Gasteiger partial charge in [-0.1, -0.05) is 11.8 Å². The minimum atomic E-state index is -0.281. The van der Waals surface area contributed by atoms with Crippen LogP contribution in [0.25, 0.3) is 11.4 Å². The maximum absolute atomic E-state index is 12.7. The third-order valence-electron chi connectivity index (χ3n) is 4.16. The average molecular weight is 371 g/mol. The highest BCUT2D eigenvalue weighted by Gasteiger charge is 2.22. The van der Waals surface area contributed by atoms with E-state index in [4.69, 9.17) is 9.15 Å². The van der Waals surface area contributed by atoms with Crippen LogP contribution in [0.4, 0.5) is 0 Å². The first-order valence-electron chi connectivity index (χ1n) is 8.37. The summed E-state index contributed by atoms with van der Waals surface area (Å²) in [6.45, 7) is 6.52. The Labute approximate surface area is 156 Å². The van der Waals surface area contributed by atoms with Crippen LogP contribution in [0.3, 0.4) is 0 Å². The van der Waals surface area contributed by atoms with Crippen molar-refractivity contribution in [2.75, 3.05) is 7.11 Å². The van der Waals surface area contributed by atoms with Crippen LogP contribution < -0.4 is 4.74 Å². The van der Waals surface area contributed by atoms with Gasteiger partial charge in [-0.25, -0.2) is 0 Å². The summed E-state index contributed by atoms with van der Waals surface area (Å²) in [4.78, 5) is 12.7. The van der Waals surface area contributed by atoms with E-state index in [1.807, 2.05) is 31.4 Å². The van der Waals surface area contributed by atoms with E-state index in [0.29, 0.717) is 12.1 Å². The molecule has 0 aliphatic carbocycles. The standard InChI is InChI=1S/C19H21N3O3S/c1-5-22-18(16-10-11-25-12(16)2)20-21-19(22)26-13(3)17(23)14-6-8-15(24-4)9-7-14/h6-11,13H,5H2,1-4H3/t13-/m1/s1. The summed E-state index contributed by atoms with van der Waals surface area (Å²) in [5.74, 6) is 2.33. The van der Waals surface area contributed by atoms with E-state index in [0.717, 1.165) is 28.1 Å². The Hall–Kier alpha value is -2.54. The number of methoxy groups -OCH3 is 1. The number of carbonyl (C=O) groups is 1. The van der Waals surface area contributed by atoms with E-state index in [-0.39, 0.29) is 11.0 Å². The monoisotopic (exact) mass is 371 g/mol. The molecule has 2 aromatic heterocycles. The molecule has 136 valence electrons. The van der Waals surface area contributed by atoms with Crippen molar-refractivity contribution >= 4 is 17.5 Å². The summed E-state index contributed by atoms with van der Waals surface area (Å²) in [5.41, 5.74) is 1.57. The van der Waals surface area contributed by atoms with Gasteiger partial charge >= 0.3 is 0 Å². The van der Waals surface area contributed by atoms with Gasteiger partial charge in [0.2, 0.25) is 0 Å². The van der Waals surface area contributed by atoms with Crippen LogP contribution in [0, 0.1) is 6.92 Å². The van der Waals surface area contributed by atoms with Crippen molar-refractivity contribution in [3.8, 4) is 17.1 Å². The fraction of sp³-hybridized carbons (Fsp3) is 0.316. The third-order valence-corrected chi connectivity index (χ3v) is 5.24. The number of ketones is 1. The Morgan fingerprint density at radius 3 is 2.58 bits per heavy atom. The summed E-state index contributed by atoms with van der Waals surface area (Å²) in [7, 11) is 1.60. The van der Waals surface area contributed by atoms with Crippen LogP contribution in [-0.2, 0) is 6.54 Å². The van der Waals surface area contributed by atoms with Crippen molar-refractivity contribution in [2.45, 2.75) is 37.7 Å². The summed E-state index contributed by atoms with van der Waals surface area (Å²) in [6.07, 6.45) is 1.64. The maximum atomic E-state index is 12.7. The molecule has 3 rings (SSSR count). The number of aryl methyl sites for hydroxylation is 1. The normalized spacial score (nSPS) is 12.2. The zero-order valence-corrected chi connectivity index (χ0v) is 16.0. The Kier molecular flexibility index (Phi) is 5.46. The van der Waals surface area contributed by atoms with Crippen molar-refractivity contribution in [1.29, 1.82) is 0 Å². The van der Waals surface area contributed by atoms with E-state index in [1.165, 1.54) is 11.8 Å². The second-order valence-electron chi connectivity index (χ2n) is 5.79. The molecular formula is C19H21N3O3S. The molecule has 0 unspecified atom stereocenters. The number of hydrogen-bond acceptors (Lipinski definition) is 6. The van der Waals surface area contributed by atoms with E-state index < -0.39 is 0 Å². The van der Waals surface area contributed by atoms with Gasteiger partial charge in [0, 0.05) is 12.1 Å². The lowest BCUT2D eigenvalue weighted by Gasteiger charge is -2.12. The number of carbonyl (C=O) groups excluding carboxylic acids is 1. The summed E-state index contributed by atoms with van der Waals surface area (Å²) in [5, 5.41) is 9.03. The highest BCUT2D eigenvalue weighted by atomic mass is 32.2. The fourth-order valence-corrected chi connectivity index (χ4v) is 3.67. The number of nitrogens with zero attached hydrogens (tertiary/aromatic N) is 3. The molecule has 7 heteroatoms. The minimum Gasteiger partial charge on any atom is -0.497 e. The molecule has 1 aromatic carbocycles. The fourth-order valence-electron chi connectivity index (χ4n) is 2.68. The van der Waals surface area contributed by atoms with Crippen molar-refractivity contribution in [3.05, 3.63) is 47.9 Å². The molecule has 1 atom stereocenters. The second-order valence-corrected chi connectivity index (χ2v) is 7.10. The van der Waals surface area contributed by atoms with Crippen LogP contribution >= 0.6 is 11.8 Å². The molecule has 0 amide bonds. The molecule has 0 aliphatic heterocycles. The molecule has 2 heterocycles. The average Bonchev–Trinajstić information content (AvgIpc) is 3.26. The van der Waals surface area contributed by atoms with Crippen LogP contribution in [0.15, 0.2) is 46.2 Å². The van der Waals surface area contributed by atoms with Gasteiger partial charge in [0.15, 0.2) is 16.8 Å². The number of benzene rings is 1. The molecule has 6 nitrogen and oxygen atoms in total. The largest absolute Gasteiger partial charge is 0.497 e. The molecule has 26 heavy (non-hydrogen) atoms. The summed E-state index contributed by atoms with van der Waals surface area (Å²) in [6, 6.07) is 9.02. The highest BCUT2D eigenvalue weighted by Crippen LogP contribution is 2.30. The van der Waals surface area contributed by atoms with E-state index >= 15 is 0 Å².